The fourth-order valence-electron chi connectivity index (χ4n) is 3.50. The summed E-state index contributed by atoms with van der Waals surface area (Å²) in [5, 5.41) is 8.98. The predicted molar refractivity (Wildman–Crippen MR) is 77.9 cm³/mol. The molecule has 1 unspecified atom stereocenters. The molecule has 0 amide bonds. The van der Waals surface area contributed by atoms with Gasteiger partial charge in [0, 0.05) is 39.1 Å². The molecule has 0 aliphatic carbocycles. The molecule has 1 aromatic heterocycles. The van der Waals surface area contributed by atoms with Gasteiger partial charge in [-0.05, 0) is 32.2 Å². The normalized spacial score (nSPS) is 24.4. The lowest BCUT2D eigenvalue weighted by atomic mass is 9.97. The van der Waals surface area contributed by atoms with Crippen LogP contribution in [0.3, 0.4) is 0 Å². The second-order valence-corrected chi connectivity index (χ2v) is 6.07. The molecule has 20 heavy (non-hydrogen) atoms. The first kappa shape index (κ1) is 14.0. The van der Waals surface area contributed by atoms with Crippen molar-refractivity contribution in [2.24, 2.45) is 0 Å². The fourth-order valence-corrected chi connectivity index (χ4v) is 3.50. The summed E-state index contributed by atoms with van der Waals surface area (Å²) in [6.45, 7) is 5.28. The first-order valence-corrected chi connectivity index (χ1v) is 8.01. The Morgan fingerprint density at radius 3 is 3.00 bits per heavy atom. The largest absolute Gasteiger partial charge is 0.383 e. The van der Waals surface area contributed by atoms with Crippen LogP contribution in [0.4, 0.5) is 0 Å². The summed E-state index contributed by atoms with van der Waals surface area (Å²) in [6.07, 6.45) is 7.49. The van der Waals surface area contributed by atoms with Gasteiger partial charge in [0.15, 0.2) is 0 Å². The third kappa shape index (κ3) is 3.04. The molecule has 1 aromatic rings. The van der Waals surface area contributed by atoms with Gasteiger partial charge in [-0.2, -0.15) is 0 Å². The van der Waals surface area contributed by atoms with Crippen LogP contribution in [0, 0.1) is 0 Å². The lowest BCUT2D eigenvalue weighted by molar-refractivity contribution is 0.126. The number of nitrogens with zero attached hydrogens (tertiary/aromatic N) is 4. The minimum absolute atomic E-state index is 0.556. The van der Waals surface area contributed by atoms with Gasteiger partial charge in [0.25, 0.3) is 0 Å². The Morgan fingerprint density at radius 2 is 2.10 bits per heavy atom. The van der Waals surface area contributed by atoms with Gasteiger partial charge >= 0.3 is 0 Å². The maximum Gasteiger partial charge on any atom is 0.137 e. The fraction of sp³-hybridized carbons (Fsp3) is 0.867. The molecule has 0 spiro atoms. The predicted octanol–water partition coefficient (Wildman–Crippen LogP) is 1.83. The van der Waals surface area contributed by atoms with E-state index < -0.39 is 0 Å². The van der Waals surface area contributed by atoms with E-state index in [2.05, 4.69) is 19.7 Å². The monoisotopic (exact) mass is 278 g/mol. The SMILES string of the molecule is COCCN1CCCC(c2nnc3n2CCCCC3)C1. The molecular formula is C15H26N4O. The molecule has 2 aliphatic rings. The van der Waals surface area contributed by atoms with Crippen LogP contribution in [-0.4, -0.2) is 53.0 Å². The summed E-state index contributed by atoms with van der Waals surface area (Å²) in [6, 6.07) is 0. The van der Waals surface area contributed by atoms with Gasteiger partial charge in [0.1, 0.15) is 11.6 Å². The van der Waals surface area contributed by atoms with Crippen LogP contribution >= 0.6 is 0 Å². The van der Waals surface area contributed by atoms with Gasteiger partial charge in [0.05, 0.1) is 6.61 Å². The van der Waals surface area contributed by atoms with Crippen LogP contribution in [-0.2, 0) is 17.7 Å². The van der Waals surface area contributed by atoms with Crippen molar-refractivity contribution in [3.05, 3.63) is 11.6 Å². The average molecular weight is 278 g/mol. The number of hydrogen-bond donors (Lipinski definition) is 0. The molecule has 1 fully saturated rings. The quantitative estimate of drug-likeness (QED) is 0.843. The Bertz CT molecular complexity index is 432. The van der Waals surface area contributed by atoms with Crippen LogP contribution in [0.15, 0.2) is 0 Å². The number of hydrogen-bond acceptors (Lipinski definition) is 4. The second kappa shape index (κ2) is 6.68. The van der Waals surface area contributed by atoms with Crippen molar-refractivity contribution in [3.8, 4) is 0 Å². The number of piperidine rings is 1. The molecule has 0 radical (unpaired) electrons. The van der Waals surface area contributed by atoms with Crippen LogP contribution in [0.25, 0.3) is 0 Å². The van der Waals surface area contributed by atoms with Gasteiger partial charge in [-0.3, -0.25) is 0 Å². The van der Waals surface area contributed by atoms with Crippen molar-refractivity contribution >= 4 is 0 Å². The Morgan fingerprint density at radius 1 is 1.15 bits per heavy atom. The number of likely N-dealkylation sites (tertiary alicyclic amines) is 1. The summed E-state index contributed by atoms with van der Waals surface area (Å²) >= 11 is 0. The van der Waals surface area contributed by atoms with E-state index >= 15 is 0 Å². The molecule has 3 rings (SSSR count). The van der Waals surface area contributed by atoms with E-state index in [4.69, 9.17) is 4.74 Å². The van der Waals surface area contributed by atoms with Crippen molar-refractivity contribution in [1.82, 2.24) is 19.7 Å². The Balaban J connectivity index is 1.70. The molecule has 1 atom stereocenters. The van der Waals surface area contributed by atoms with E-state index in [1.165, 1.54) is 50.3 Å². The Labute approximate surface area is 121 Å². The highest BCUT2D eigenvalue weighted by Gasteiger charge is 2.27. The van der Waals surface area contributed by atoms with Crippen LogP contribution < -0.4 is 0 Å². The summed E-state index contributed by atoms with van der Waals surface area (Å²) in [7, 11) is 1.78. The van der Waals surface area contributed by atoms with Crippen molar-refractivity contribution in [1.29, 1.82) is 0 Å². The van der Waals surface area contributed by atoms with E-state index in [1.807, 2.05) is 0 Å². The van der Waals surface area contributed by atoms with Crippen molar-refractivity contribution in [2.75, 3.05) is 33.4 Å². The lowest BCUT2D eigenvalue weighted by Crippen LogP contribution is -2.37. The van der Waals surface area contributed by atoms with Crippen LogP contribution in [0.5, 0.6) is 0 Å². The van der Waals surface area contributed by atoms with E-state index in [1.54, 1.807) is 7.11 Å². The number of aryl methyl sites for hydroxylation is 1. The smallest absolute Gasteiger partial charge is 0.137 e. The molecule has 5 nitrogen and oxygen atoms in total. The van der Waals surface area contributed by atoms with Gasteiger partial charge in [-0.25, -0.2) is 0 Å². The summed E-state index contributed by atoms with van der Waals surface area (Å²) < 4.78 is 7.62. The average Bonchev–Trinajstić information content (AvgIpc) is 2.74. The van der Waals surface area contributed by atoms with Gasteiger partial charge < -0.3 is 14.2 Å². The molecule has 112 valence electrons. The highest BCUT2D eigenvalue weighted by molar-refractivity contribution is 5.05. The first-order valence-electron chi connectivity index (χ1n) is 8.01. The van der Waals surface area contributed by atoms with Gasteiger partial charge in [-0.15, -0.1) is 10.2 Å². The van der Waals surface area contributed by atoms with Gasteiger partial charge in [-0.1, -0.05) is 6.42 Å². The molecule has 0 bridgehead atoms. The van der Waals surface area contributed by atoms with Crippen LogP contribution in [0.1, 0.15) is 49.7 Å². The standard InChI is InChI=1S/C15H26N4O/c1-20-11-10-18-8-5-6-13(12-18)15-17-16-14-7-3-2-4-9-19(14)15/h13H,2-12H2,1H3. The van der Waals surface area contributed by atoms with E-state index in [0.29, 0.717) is 5.92 Å². The zero-order chi connectivity index (χ0) is 13.8. The molecule has 0 saturated carbocycles. The lowest BCUT2D eigenvalue weighted by Gasteiger charge is -2.32. The van der Waals surface area contributed by atoms with E-state index in [9.17, 15) is 0 Å². The number of rotatable bonds is 4. The van der Waals surface area contributed by atoms with Crippen molar-refractivity contribution in [3.63, 3.8) is 0 Å². The zero-order valence-electron chi connectivity index (χ0n) is 12.6. The number of methoxy groups -OCH3 is 1. The van der Waals surface area contributed by atoms with E-state index in [-0.39, 0.29) is 0 Å². The van der Waals surface area contributed by atoms with Crippen LogP contribution in [0.2, 0.25) is 0 Å². The minimum atomic E-state index is 0.556. The van der Waals surface area contributed by atoms with Crippen molar-refractivity contribution < 1.29 is 4.74 Å². The second-order valence-electron chi connectivity index (χ2n) is 6.07. The highest BCUT2D eigenvalue weighted by Crippen LogP contribution is 2.27. The number of fused-ring (bicyclic) bond motifs is 1. The topological polar surface area (TPSA) is 43.2 Å². The third-order valence-corrected chi connectivity index (χ3v) is 4.62. The molecule has 3 heterocycles. The summed E-state index contributed by atoms with van der Waals surface area (Å²) in [5.74, 6) is 3.01. The molecule has 2 aliphatic heterocycles. The van der Waals surface area contributed by atoms with Gasteiger partial charge in [0.2, 0.25) is 0 Å². The maximum absolute atomic E-state index is 5.20. The molecule has 5 heteroatoms. The summed E-state index contributed by atoms with van der Waals surface area (Å²) in [5.41, 5.74) is 0. The molecule has 0 aromatic carbocycles. The maximum atomic E-state index is 5.20. The Hall–Kier alpha value is -0.940. The third-order valence-electron chi connectivity index (χ3n) is 4.62. The summed E-state index contributed by atoms with van der Waals surface area (Å²) in [4.78, 5) is 2.51. The minimum Gasteiger partial charge on any atom is -0.383 e. The Kier molecular flexibility index (Phi) is 4.68. The number of ether oxygens (including phenoxy) is 1. The molecular weight excluding hydrogens is 252 g/mol. The number of aromatic nitrogens is 3. The highest BCUT2D eigenvalue weighted by atomic mass is 16.5. The van der Waals surface area contributed by atoms with Crippen molar-refractivity contribution in [2.45, 2.75) is 51.0 Å². The van der Waals surface area contributed by atoms with E-state index in [0.717, 1.165) is 32.7 Å². The molecule has 0 N–H and O–H groups in total. The molecule has 1 saturated heterocycles. The zero-order valence-corrected chi connectivity index (χ0v) is 12.6. The first-order chi connectivity index (χ1) is 9.88.